The summed E-state index contributed by atoms with van der Waals surface area (Å²) in [5.74, 6) is 0. The van der Waals surface area contributed by atoms with Crippen LogP contribution in [0.15, 0.2) is 48.4 Å². The zero-order valence-corrected chi connectivity index (χ0v) is 13.9. The van der Waals surface area contributed by atoms with E-state index in [1.807, 2.05) is 18.0 Å². The lowest BCUT2D eigenvalue weighted by Crippen LogP contribution is -2.30. The fraction of sp³-hybridized carbons (Fsp3) is 0.333. The number of aromatic nitrogens is 3. The lowest BCUT2D eigenvalue weighted by Gasteiger charge is -2.26. The fourth-order valence-electron chi connectivity index (χ4n) is 3.19. The van der Waals surface area contributed by atoms with Gasteiger partial charge in [0.2, 0.25) is 0 Å². The average Bonchev–Trinajstić information content (AvgIpc) is 3.23. The molecule has 2 aromatic heterocycles. The standard InChI is InChI=1S/C18H20N4S/c1-2-4-15(5-3-1)6-9-22-13-20-17-12-21(8-7-18(17)22)11-16-10-19-14-23-16/h1-5,10,13-14H,6-9,11-12H2. The Bertz CT molecular complexity index is 749. The van der Waals surface area contributed by atoms with E-state index < -0.39 is 0 Å². The molecule has 1 aliphatic heterocycles. The molecule has 3 aromatic rings. The third kappa shape index (κ3) is 3.35. The molecule has 0 amide bonds. The van der Waals surface area contributed by atoms with Crippen LogP contribution in [0, 0.1) is 0 Å². The third-order valence-corrected chi connectivity index (χ3v) is 5.18. The summed E-state index contributed by atoms with van der Waals surface area (Å²) >= 11 is 1.73. The summed E-state index contributed by atoms with van der Waals surface area (Å²) in [5.41, 5.74) is 5.95. The van der Waals surface area contributed by atoms with Crippen LogP contribution >= 0.6 is 11.3 Å². The molecular weight excluding hydrogens is 304 g/mol. The van der Waals surface area contributed by atoms with Crippen LogP contribution in [0.1, 0.15) is 21.8 Å². The number of benzene rings is 1. The van der Waals surface area contributed by atoms with E-state index in [0.717, 1.165) is 39.0 Å². The van der Waals surface area contributed by atoms with Crippen molar-refractivity contribution < 1.29 is 0 Å². The highest BCUT2D eigenvalue weighted by Crippen LogP contribution is 2.21. The lowest BCUT2D eigenvalue weighted by atomic mass is 10.1. The SMILES string of the molecule is c1ccc(CCn2cnc3c2CCN(Cc2cncs2)C3)cc1. The number of hydrogen-bond acceptors (Lipinski definition) is 4. The van der Waals surface area contributed by atoms with Crippen molar-refractivity contribution >= 4 is 11.3 Å². The van der Waals surface area contributed by atoms with Crippen LogP contribution in [0.25, 0.3) is 0 Å². The van der Waals surface area contributed by atoms with Gasteiger partial charge in [-0.3, -0.25) is 9.88 Å². The van der Waals surface area contributed by atoms with Crippen LogP contribution in [-0.4, -0.2) is 26.0 Å². The number of aryl methyl sites for hydroxylation is 2. The molecule has 5 heteroatoms. The Hall–Kier alpha value is -1.98. The topological polar surface area (TPSA) is 34.0 Å². The van der Waals surface area contributed by atoms with Crippen molar-refractivity contribution in [1.82, 2.24) is 19.4 Å². The maximum absolute atomic E-state index is 4.66. The van der Waals surface area contributed by atoms with Gasteiger partial charge in [-0.25, -0.2) is 4.98 Å². The second-order valence-electron chi connectivity index (χ2n) is 6.00. The van der Waals surface area contributed by atoms with E-state index in [-0.39, 0.29) is 0 Å². The van der Waals surface area contributed by atoms with E-state index in [1.54, 1.807) is 11.3 Å². The molecule has 0 saturated heterocycles. The van der Waals surface area contributed by atoms with Gasteiger partial charge in [0.15, 0.2) is 0 Å². The zero-order chi connectivity index (χ0) is 15.5. The monoisotopic (exact) mass is 324 g/mol. The molecule has 0 N–H and O–H groups in total. The van der Waals surface area contributed by atoms with Gasteiger partial charge in [0.25, 0.3) is 0 Å². The van der Waals surface area contributed by atoms with Crippen molar-refractivity contribution in [1.29, 1.82) is 0 Å². The third-order valence-electron chi connectivity index (χ3n) is 4.42. The summed E-state index contributed by atoms with van der Waals surface area (Å²) < 4.78 is 2.34. The van der Waals surface area contributed by atoms with Gasteiger partial charge in [-0.2, -0.15) is 0 Å². The first-order valence-electron chi connectivity index (χ1n) is 8.05. The molecule has 0 spiro atoms. The molecule has 0 atom stereocenters. The largest absolute Gasteiger partial charge is 0.334 e. The first-order chi connectivity index (χ1) is 11.4. The van der Waals surface area contributed by atoms with Gasteiger partial charge in [0.1, 0.15) is 0 Å². The molecule has 4 nitrogen and oxygen atoms in total. The van der Waals surface area contributed by atoms with Crippen LogP contribution in [0.3, 0.4) is 0 Å². The average molecular weight is 324 g/mol. The molecule has 0 radical (unpaired) electrons. The summed E-state index contributed by atoms with van der Waals surface area (Å²) in [6, 6.07) is 10.7. The van der Waals surface area contributed by atoms with Gasteiger partial charge in [0.05, 0.1) is 17.5 Å². The lowest BCUT2D eigenvalue weighted by molar-refractivity contribution is 0.241. The molecule has 3 heterocycles. The Kier molecular flexibility index (Phi) is 4.22. The summed E-state index contributed by atoms with van der Waals surface area (Å²) in [6.07, 6.45) is 6.14. The normalized spacial score (nSPS) is 14.8. The van der Waals surface area contributed by atoms with Gasteiger partial charge in [0, 0.05) is 49.4 Å². The number of fused-ring (bicyclic) bond motifs is 1. The summed E-state index contributed by atoms with van der Waals surface area (Å²) in [4.78, 5) is 12.6. The van der Waals surface area contributed by atoms with Crippen LogP contribution in [0.2, 0.25) is 0 Å². The Morgan fingerprint density at radius 3 is 2.91 bits per heavy atom. The van der Waals surface area contributed by atoms with E-state index in [0.29, 0.717) is 0 Å². The molecule has 0 fully saturated rings. The molecule has 1 aromatic carbocycles. The van der Waals surface area contributed by atoms with Gasteiger partial charge < -0.3 is 4.57 Å². The molecule has 118 valence electrons. The van der Waals surface area contributed by atoms with Crippen molar-refractivity contribution in [3.05, 3.63) is 70.2 Å². The van der Waals surface area contributed by atoms with E-state index >= 15 is 0 Å². The summed E-state index contributed by atoms with van der Waals surface area (Å²) in [7, 11) is 0. The zero-order valence-electron chi connectivity index (χ0n) is 13.1. The van der Waals surface area contributed by atoms with Crippen LogP contribution in [0.4, 0.5) is 0 Å². The second-order valence-corrected chi connectivity index (χ2v) is 6.97. The maximum atomic E-state index is 4.66. The quantitative estimate of drug-likeness (QED) is 0.723. The predicted octanol–water partition coefficient (Wildman–Crippen LogP) is 3.14. The molecule has 0 aliphatic carbocycles. The Morgan fingerprint density at radius 1 is 1.17 bits per heavy atom. The van der Waals surface area contributed by atoms with Crippen molar-refractivity contribution in [2.45, 2.75) is 32.5 Å². The molecule has 23 heavy (non-hydrogen) atoms. The minimum atomic E-state index is 0.950. The highest BCUT2D eigenvalue weighted by atomic mass is 32.1. The minimum Gasteiger partial charge on any atom is -0.334 e. The predicted molar refractivity (Wildman–Crippen MR) is 92.3 cm³/mol. The van der Waals surface area contributed by atoms with Crippen LogP contribution in [-0.2, 0) is 32.5 Å². The van der Waals surface area contributed by atoms with Gasteiger partial charge >= 0.3 is 0 Å². The number of thiazole rings is 1. The van der Waals surface area contributed by atoms with E-state index in [2.05, 4.69) is 49.8 Å². The number of nitrogens with zero attached hydrogens (tertiary/aromatic N) is 4. The number of rotatable bonds is 5. The van der Waals surface area contributed by atoms with Gasteiger partial charge in [-0.15, -0.1) is 11.3 Å². The van der Waals surface area contributed by atoms with Crippen molar-refractivity contribution in [3.63, 3.8) is 0 Å². The summed E-state index contributed by atoms with van der Waals surface area (Å²) in [5, 5.41) is 0. The van der Waals surface area contributed by atoms with Crippen LogP contribution in [0.5, 0.6) is 0 Å². The second kappa shape index (κ2) is 6.64. The van der Waals surface area contributed by atoms with Crippen molar-refractivity contribution in [2.24, 2.45) is 0 Å². The summed E-state index contributed by atoms with van der Waals surface area (Å²) in [6.45, 7) is 4.05. The number of imidazole rings is 1. The molecule has 4 rings (SSSR count). The Balaban J connectivity index is 1.40. The molecule has 0 saturated carbocycles. The van der Waals surface area contributed by atoms with Gasteiger partial charge in [-0.1, -0.05) is 30.3 Å². The highest BCUT2D eigenvalue weighted by molar-refractivity contribution is 7.09. The fourth-order valence-corrected chi connectivity index (χ4v) is 3.82. The smallest absolute Gasteiger partial charge is 0.0952 e. The molecule has 1 aliphatic rings. The van der Waals surface area contributed by atoms with Crippen LogP contribution < -0.4 is 0 Å². The number of hydrogen-bond donors (Lipinski definition) is 0. The molecule has 0 unspecified atom stereocenters. The van der Waals surface area contributed by atoms with E-state index in [4.69, 9.17) is 0 Å². The Labute approximate surface area is 140 Å². The van der Waals surface area contributed by atoms with Crippen molar-refractivity contribution in [2.75, 3.05) is 6.54 Å². The van der Waals surface area contributed by atoms with E-state index in [1.165, 1.54) is 21.8 Å². The van der Waals surface area contributed by atoms with Gasteiger partial charge in [-0.05, 0) is 12.0 Å². The maximum Gasteiger partial charge on any atom is 0.0952 e. The first kappa shape index (κ1) is 14.6. The molecular formula is C18H20N4S. The van der Waals surface area contributed by atoms with E-state index in [9.17, 15) is 0 Å². The highest BCUT2D eigenvalue weighted by Gasteiger charge is 2.21. The first-order valence-corrected chi connectivity index (χ1v) is 8.93. The van der Waals surface area contributed by atoms with Crippen molar-refractivity contribution in [3.8, 4) is 0 Å². The molecule has 0 bridgehead atoms. The Morgan fingerprint density at radius 2 is 2.09 bits per heavy atom. The minimum absolute atomic E-state index is 0.950.